The van der Waals surface area contributed by atoms with Crippen LogP contribution in [-0.2, 0) is 4.74 Å². The van der Waals surface area contributed by atoms with Gasteiger partial charge in [0.05, 0.1) is 16.7 Å². The largest absolute Gasteiger partial charge is 0.451 e. The van der Waals surface area contributed by atoms with Crippen LogP contribution in [0.3, 0.4) is 0 Å². The summed E-state index contributed by atoms with van der Waals surface area (Å²) in [5.74, 6) is -2.03. The third-order valence-electron chi connectivity index (χ3n) is 4.11. The van der Waals surface area contributed by atoms with Crippen molar-refractivity contribution in [2.24, 2.45) is 0 Å². The number of benzene rings is 2. The lowest BCUT2D eigenvalue weighted by atomic mass is 10.1. The zero-order chi connectivity index (χ0) is 19.0. The molecule has 0 fully saturated rings. The Morgan fingerprint density at radius 3 is 2.19 bits per heavy atom. The predicted molar refractivity (Wildman–Crippen MR) is 93.5 cm³/mol. The molecule has 1 aliphatic heterocycles. The van der Waals surface area contributed by atoms with E-state index in [2.05, 4.69) is 0 Å². The molecule has 0 saturated heterocycles. The van der Waals surface area contributed by atoms with Crippen LogP contribution in [0.5, 0.6) is 0 Å². The normalized spacial score (nSPS) is 14.2. The Morgan fingerprint density at radius 2 is 1.54 bits per heavy atom. The summed E-state index contributed by atoms with van der Waals surface area (Å²) in [5.41, 5.74) is 0.838. The van der Waals surface area contributed by atoms with Crippen LogP contribution in [0.1, 0.15) is 48.4 Å². The number of rotatable bonds is 4. The Morgan fingerprint density at radius 1 is 0.962 bits per heavy atom. The third kappa shape index (κ3) is 3.11. The highest BCUT2D eigenvalue weighted by Crippen LogP contribution is 2.23. The third-order valence-corrected chi connectivity index (χ3v) is 4.36. The number of hydrogen-bond donors (Lipinski definition) is 0. The molecule has 7 heteroatoms. The fourth-order valence-corrected chi connectivity index (χ4v) is 2.75. The van der Waals surface area contributed by atoms with Crippen LogP contribution in [0.25, 0.3) is 0 Å². The van der Waals surface area contributed by atoms with Gasteiger partial charge in [-0.2, -0.15) is 0 Å². The van der Waals surface area contributed by atoms with Crippen molar-refractivity contribution in [2.75, 3.05) is 7.05 Å². The summed E-state index contributed by atoms with van der Waals surface area (Å²) in [6, 6.07) is 10.3. The highest BCUT2D eigenvalue weighted by Gasteiger charge is 2.33. The van der Waals surface area contributed by atoms with Gasteiger partial charge < -0.3 is 4.74 Å². The number of carbonyl (C=O) groups excluding carboxylic acids is 4. The smallest absolute Gasteiger partial charge is 0.338 e. The van der Waals surface area contributed by atoms with E-state index in [1.165, 1.54) is 32.2 Å². The first-order valence-corrected chi connectivity index (χ1v) is 8.14. The number of carbonyl (C=O) groups is 4. The van der Waals surface area contributed by atoms with Gasteiger partial charge in [-0.3, -0.25) is 19.3 Å². The number of Topliss-reactive ketones (excluding diaryl/α,β-unsaturated/α-hetero) is 1. The van der Waals surface area contributed by atoms with Crippen LogP contribution in [-0.4, -0.2) is 41.6 Å². The Labute approximate surface area is 154 Å². The summed E-state index contributed by atoms with van der Waals surface area (Å²) in [5, 5.41) is 0.494. The van der Waals surface area contributed by atoms with Gasteiger partial charge in [-0.05, 0) is 49.4 Å². The van der Waals surface area contributed by atoms with Crippen LogP contribution in [0.15, 0.2) is 42.5 Å². The zero-order valence-corrected chi connectivity index (χ0v) is 14.7. The average Bonchev–Trinajstić information content (AvgIpc) is 2.85. The second-order valence-electron chi connectivity index (χ2n) is 5.85. The van der Waals surface area contributed by atoms with Crippen molar-refractivity contribution in [3.63, 3.8) is 0 Å². The molecule has 2 aromatic carbocycles. The molecule has 26 heavy (non-hydrogen) atoms. The number of nitrogens with zero attached hydrogens (tertiary/aromatic N) is 1. The van der Waals surface area contributed by atoms with Gasteiger partial charge in [0.2, 0.25) is 5.78 Å². The number of esters is 1. The van der Waals surface area contributed by atoms with Gasteiger partial charge in [-0.25, -0.2) is 4.79 Å². The first kappa shape index (κ1) is 17.8. The number of ether oxygens (including phenoxy) is 1. The molecule has 2 amide bonds. The standard InChI is InChI=1S/C19H14ClNO5/c1-10(16(22)11-3-6-13(20)7-4-11)26-19(25)12-5-8-14-15(9-12)18(24)21(2)17(14)23/h3-10H,1-2H3/t10-/m0/s1. The molecule has 0 unspecified atom stereocenters. The van der Waals surface area contributed by atoms with Gasteiger partial charge in [0.25, 0.3) is 11.8 Å². The molecule has 1 heterocycles. The Hall–Kier alpha value is -2.99. The molecular formula is C19H14ClNO5. The van der Waals surface area contributed by atoms with Crippen LogP contribution in [0.4, 0.5) is 0 Å². The molecule has 0 radical (unpaired) electrons. The topological polar surface area (TPSA) is 80.8 Å². The number of imide groups is 1. The van der Waals surface area contributed by atoms with E-state index in [9.17, 15) is 19.2 Å². The zero-order valence-electron chi connectivity index (χ0n) is 14.0. The SMILES string of the molecule is C[C@H](OC(=O)c1ccc2c(c1)C(=O)N(C)C2=O)C(=O)c1ccc(Cl)cc1. The molecule has 1 aliphatic rings. The Kier molecular flexibility index (Phi) is 4.61. The quantitative estimate of drug-likeness (QED) is 0.469. The summed E-state index contributed by atoms with van der Waals surface area (Å²) >= 11 is 5.79. The van der Waals surface area contributed by atoms with E-state index >= 15 is 0 Å². The van der Waals surface area contributed by atoms with Crippen molar-refractivity contribution in [1.29, 1.82) is 0 Å². The number of amides is 2. The minimum Gasteiger partial charge on any atom is -0.451 e. The van der Waals surface area contributed by atoms with E-state index in [-0.39, 0.29) is 22.5 Å². The number of hydrogen-bond acceptors (Lipinski definition) is 5. The molecule has 6 nitrogen and oxygen atoms in total. The van der Waals surface area contributed by atoms with Crippen molar-refractivity contribution >= 4 is 35.2 Å². The maximum atomic E-state index is 12.3. The summed E-state index contributed by atoms with van der Waals surface area (Å²) in [7, 11) is 1.37. The molecule has 0 spiro atoms. The highest BCUT2D eigenvalue weighted by atomic mass is 35.5. The van der Waals surface area contributed by atoms with Crippen molar-refractivity contribution in [1.82, 2.24) is 4.90 Å². The lowest BCUT2D eigenvalue weighted by Crippen LogP contribution is -2.24. The second kappa shape index (κ2) is 6.72. The monoisotopic (exact) mass is 371 g/mol. The first-order chi connectivity index (χ1) is 12.3. The van der Waals surface area contributed by atoms with E-state index in [0.717, 1.165) is 4.90 Å². The molecule has 1 atom stereocenters. The van der Waals surface area contributed by atoms with E-state index < -0.39 is 23.9 Å². The Balaban J connectivity index is 1.76. The summed E-state index contributed by atoms with van der Waals surface area (Å²) in [6.07, 6.45) is -1.02. The molecule has 2 aromatic rings. The summed E-state index contributed by atoms with van der Waals surface area (Å²) in [6.45, 7) is 1.46. The highest BCUT2D eigenvalue weighted by molar-refractivity contribution is 6.30. The predicted octanol–water partition coefficient (Wildman–Crippen LogP) is 2.99. The van der Waals surface area contributed by atoms with Crippen LogP contribution in [0.2, 0.25) is 5.02 Å². The van der Waals surface area contributed by atoms with Crippen molar-refractivity contribution in [2.45, 2.75) is 13.0 Å². The van der Waals surface area contributed by atoms with E-state index in [4.69, 9.17) is 16.3 Å². The van der Waals surface area contributed by atoms with Crippen LogP contribution in [0, 0.1) is 0 Å². The number of halogens is 1. The van der Waals surface area contributed by atoms with Gasteiger partial charge in [-0.1, -0.05) is 11.6 Å². The van der Waals surface area contributed by atoms with Crippen LogP contribution < -0.4 is 0 Å². The second-order valence-corrected chi connectivity index (χ2v) is 6.28. The van der Waals surface area contributed by atoms with Crippen molar-refractivity contribution in [3.8, 4) is 0 Å². The lowest BCUT2D eigenvalue weighted by molar-refractivity contribution is 0.0318. The van der Waals surface area contributed by atoms with E-state index in [1.807, 2.05) is 0 Å². The fourth-order valence-electron chi connectivity index (χ4n) is 2.62. The van der Waals surface area contributed by atoms with Crippen LogP contribution >= 0.6 is 11.6 Å². The lowest BCUT2D eigenvalue weighted by Gasteiger charge is -2.12. The first-order valence-electron chi connectivity index (χ1n) is 7.77. The molecule has 0 aromatic heterocycles. The molecule has 0 N–H and O–H groups in total. The summed E-state index contributed by atoms with van der Waals surface area (Å²) < 4.78 is 5.20. The molecule has 0 aliphatic carbocycles. The molecule has 0 saturated carbocycles. The van der Waals surface area contributed by atoms with E-state index in [0.29, 0.717) is 10.6 Å². The fraction of sp³-hybridized carbons (Fsp3) is 0.158. The minimum atomic E-state index is -1.02. The van der Waals surface area contributed by atoms with Gasteiger partial charge in [0.1, 0.15) is 0 Å². The van der Waals surface area contributed by atoms with Gasteiger partial charge in [0, 0.05) is 17.6 Å². The maximum Gasteiger partial charge on any atom is 0.338 e. The van der Waals surface area contributed by atoms with Gasteiger partial charge in [-0.15, -0.1) is 0 Å². The molecule has 0 bridgehead atoms. The molecular weight excluding hydrogens is 358 g/mol. The van der Waals surface area contributed by atoms with Gasteiger partial charge in [0.15, 0.2) is 6.10 Å². The van der Waals surface area contributed by atoms with Crippen molar-refractivity contribution in [3.05, 3.63) is 69.7 Å². The summed E-state index contributed by atoms with van der Waals surface area (Å²) in [4.78, 5) is 49.5. The number of ketones is 1. The Bertz CT molecular complexity index is 935. The average molecular weight is 372 g/mol. The maximum absolute atomic E-state index is 12.3. The minimum absolute atomic E-state index is 0.0935. The van der Waals surface area contributed by atoms with Crippen molar-refractivity contribution < 1.29 is 23.9 Å². The molecule has 3 rings (SSSR count). The van der Waals surface area contributed by atoms with Gasteiger partial charge >= 0.3 is 5.97 Å². The number of fused-ring (bicyclic) bond motifs is 1. The molecule has 132 valence electrons. The van der Waals surface area contributed by atoms with E-state index in [1.54, 1.807) is 24.3 Å².